The molecule has 1 aromatic carbocycles. The minimum atomic E-state index is -0.832. The van der Waals surface area contributed by atoms with Gasteiger partial charge in [0.2, 0.25) is 5.91 Å². The van der Waals surface area contributed by atoms with Gasteiger partial charge >= 0.3 is 5.97 Å². The molecule has 1 unspecified atom stereocenters. The molecule has 0 saturated carbocycles. The van der Waals surface area contributed by atoms with Gasteiger partial charge in [-0.25, -0.2) is 0 Å². The second-order valence-corrected chi connectivity index (χ2v) is 4.99. The summed E-state index contributed by atoms with van der Waals surface area (Å²) in [5.74, 6) is -0.903. The summed E-state index contributed by atoms with van der Waals surface area (Å²) in [7, 11) is 0. The Hall–Kier alpha value is -1.84. The van der Waals surface area contributed by atoms with E-state index in [2.05, 4.69) is 5.32 Å². The second-order valence-electron chi connectivity index (χ2n) is 4.99. The van der Waals surface area contributed by atoms with Crippen LogP contribution >= 0.6 is 0 Å². The number of amides is 1. The zero-order chi connectivity index (χ0) is 14.3. The van der Waals surface area contributed by atoms with Gasteiger partial charge in [0.25, 0.3) is 0 Å². The standard InChI is InChI=1S/C15H21NO3/c1-11-3-5-13(6-4-11)7-8-14(17)16-10-12(2)9-15(18)19/h3-6,12H,7-10H2,1-2H3,(H,16,17)(H,18,19). The Morgan fingerprint density at radius 1 is 1.26 bits per heavy atom. The van der Waals surface area contributed by atoms with Crippen molar-refractivity contribution in [3.05, 3.63) is 35.4 Å². The summed E-state index contributed by atoms with van der Waals surface area (Å²) in [6, 6.07) is 8.11. The van der Waals surface area contributed by atoms with Crippen LogP contribution in [-0.4, -0.2) is 23.5 Å². The lowest BCUT2D eigenvalue weighted by Crippen LogP contribution is -2.29. The smallest absolute Gasteiger partial charge is 0.303 e. The number of benzene rings is 1. The van der Waals surface area contributed by atoms with Gasteiger partial charge in [0.05, 0.1) is 0 Å². The number of carbonyl (C=O) groups excluding carboxylic acids is 1. The third-order valence-electron chi connectivity index (χ3n) is 2.93. The third-order valence-corrected chi connectivity index (χ3v) is 2.93. The topological polar surface area (TPSA) is 66.4 Å². The van der Waals surface area contributed by atoms with Crippen LogP contribution in [0.25, 0.3) is 0 Å². The molecule has 4 nitrogen and oxygen atoms in total. The predicted octanol–water partition coefficient (Wildman–Crippen LogP) is 2.15. The van der Waals surface area contributed by atoms with Crippen molar-refractivity contribution in [2.45, 2.75) is 33.1 Å². The van der Waals surface area contributed by atoms with Crippen LogP contribution in [0, 0.1) is 12.8 Å². The minimum Gasteiger partial charge on any atom is -0.481 e. The Kier molecular flexibility index (Phi) is 6.06. The zero-order valence-electron chi connectivity index (χ0n) is 11.5. The molecule has 1 rings (SSSR count). The molecule has 19 heavy (non-hydrogen) atoms. The fourth-order valence-electron chi connectivity index (χ4n) is 1.76. The Bertz CT molecular complexity index is 426. The quantitative estimate of drug-likeness (QED) is 0.792. The van der Waals surface area contributed by atoms with E-state index in [4.69, 9.17) is 5.11 Å². The molecule has 0 saturated heterocycles. The van der Waals surface area contributed by atoms with Gasteiger partial charge in [-0.2, -0.15) is 0 Å². The van der Waals surface area contributed by atoms with E-state index in [1.807, 2.05) is 38.1 Å². The Morgan fingerprint density at radius 3 is 2.47 bits per heavy atom. The molecule has 1 amide bonds. The first-order valence-electron chi connectivity index (χ1n) is 6.51. The normalized spacial score (nSPS) is 11.9. The number of hydrogen-bond acceptors (Lipinski definition) is 2. The predicted molar refractivity (Wildman–Crippen MR) is 73.9 cm³/mol. The maximum absolute atomic E-state index is 11.6. The van der Waals surface area contributed by atoms with Crippen molar-refractivity contribution >= 4 is 11.9 Å². The number of rotatable bonds is 7. The summed E-state index contributed by atoms with van der Waals surface area (Å²) in [5, 5.41) is 11.4. The van der Waals surface area contributed by atoms with E-state index in [9.17, 15) is 9.59 Å². The van der Waals surface area contributed by atoms with E-state index in [0.29, 0.717) is 19.4 Å². The minimum absolute atomic E-state index is 0.0298. The van der Waals surface area contributed by atoms with Crippen LogP contribution in [0.4, 0.5) is 0 Å². The van der Waals surface area contributed by atoms with Crippen molar-refractivity contribution in [2.24, 2.45) is 5.92 Å². The zero-order valence-corrected chi connectivity index (χ0v) is 11.5. The fourth-order valence-corrected chi connectivity index (χ4v) is 1.76. The van der Waals surface area contributed by atoms with E-state index in [1.54, 1.807) is 0 Å². The molecule has 1 atom stereocenters. The molecule has 4 heteroatoms. The molecular formula is C15H21NO3. The van der Waals surface area contributed by atoms with Crippen LogP contribution in [0.5, 0.6) is 0 Å². The summed E-state index contributed by atoms with van der Waals surface area (Å²) < 4.78 is 0. The Balaban J connectivity index is 2.24. The number of carboxylic acids is 1. The molecule has 1 aromatic rings. The molecule has 0 fully saturated rings. The monoisotopic (exact) mass is 263 g/mol. The van der Waals surface area contributed by atoms with E-state index >= 15 is 0 Å². The van der Waals surface area contributed by atoms with Crippen LogP contribution in [0.3, 0.4) is 0 Å². The molecule has 0 heterocycles. The van der Waals surface area contributed by atoms with Gasteiger partial charge in [0.15, 0.2) is 0 Å². The number of aryl methyl sites for hydroxylation is 2. The van der Waals surface area contributed by atoms with E-state index in [-0.39, 0.29) is 18.2 Å². The van der Waals surface area contributed by atoms with Gasteiger partial charge in [-0.3, -0.25) is 9.59 Å². The van der Waals surface area contributed by atoms with Crippen LogP contribution in [-0.2, 0) is 16.0 Å². The number of aliphatic carboxylic acids is 1. The van der Waals surface area contributed by atoms with E-state index < -0.39 is 5.97 Å². The highest BCUT2D eigenvalue weighted by Gasteiger charge is 2.09. The highest BCUT2D eigenvalue weighted by atomic mass is 16.4. The Labute approximate surface area is 113 Å². The lowest BCUT2D eigenvalue weighted by molar-refractivity contribution is -0.138. The number of carboxylic acid groups (broad SMARTS) is 1. The summed E-state index contributed by atoms with van der Waals surface area (Å²) >= 11 is 0. The van der Waals surface area contributed by atoms with Crippen molar-refractivity contribution in [1.82, 2.24) is 5.32 Å². The largest absolute Gasteiger partial charge is 0.481 e. The summed E-state index contributed by atoms with van der Waals surface area (Å²) in [6.07, 6.45) is 1.22. The molecular weight excluding hydrogens is 242 g/mol. The summed E-state index contributed by atoms with van der Waals surface area (Å²) in [5.41, 5.74) is 2.34. The maximum atomic E-state index is 11.6. The molecule has 0 spiro atoms. The van der Waals surface area contributed by atoms with Crippen molar-refractivity contribution < 1.29 is 14.7 Å². The van der Waals surface area contributed by atoms with Gasteiger partial charge < -0.3 is 10.4 Å². The van der Waals surface area contributed by atoms with Gasteiger partial charge in [-0.05, 0) is 24.8 Å². The lowest BCUT2D eigenvalue weighted by Gasteiger charge is -2.10. The van der Waals surface area contributed by atoms with Crippen molar-refractivity contribution in [3.8, 4) is 0 Å². The number of nitrogens with one attached hydrogen (secondary N) is 1. The average molecular weight is 263 g/mol. The van der Waals surface area contributed by atoms with Crippen molar-refractivity contribution in [2.75, 3.05) is 6.54 Å². The molecule has 2 N–H and O–H groups in total. The van der Waals surface area contributed by atoms with Gasteiger partial charge in [0, 0.05) is 19.4 Å². The molecule has 0 radical (unpaired) electrons. The van der Waals surface area contributed by atoms with Crippen molar-refractivity contribution in [1.29, 1.82) is 0 Å². The first-order chi connectivity index (χ1) is 8.97. The first-order valence-corrected chi connectivity index (χ1v) is 6.51. The molecule has 0 aromatic heterocycles. The van der Waals surface area contributed by atoms with E-state index in [0.717, 1.165) is 5.56 Å². The molecule has 0 aliphatic rings. The lowest BCUT2D eigenvalue weighted by atomic mass is 10.1. The number of hydrogen-bond donors (Lipinski definition) is 2. The summed E-state index contributed by atoms with van der Waals surface area (Å²) in [6.45, 7) is 4.26. The maximum Gasteiger partial charge on any atom is 0.303 e. The summed E-state index contributed by atoms with van der Waals surface area (Å²) in [4.78, 5) is 22.1. The fraction of sp³-hybridized carbons (Fsp3) is 0.467. The highest BCUT2D eigenvalue weighted by Crippen LogP contribution is 2.06. The van der Waals surface area contributed by atoms with Crippen molar-refractivity contribution in [3.63, 3.8) is 0 Å². The molecule has 104 valence electrons. The van der Waals surface area contributed by atoms with Gasteiger partial charge in [-0.1, -0.05) is 36.8 Å². The SMILES string of the molecule is Cc1ccc(CCC(=O)NCC(C)CC(=O)O)cc1. The molecule has 0 aliphatic carbocycles. The third kappa shape index (κ3) is 6.60. The average Bonchev–Trinajstić information content (AvgIpc) is 2.35. The number of carbonyl (C=O) groups is 2. The van der Waals surface area contributed by atoms with Gasteiger partial charge in [-0.15, -0.1) is 0 Å². The molecule has 0 bridgehead atoms. The Morgan fingerprint density at radius 2 is 1.89 bits per heavy atom. The first kappa shape index (κ1) is 15.2. The second kappa shape index (κ2) is 7.56. The van der Waals surface area contributed by atoms with Crippen LogP contribution < -0.4 is 5.32 Å². The van der Waals surface area contributed by atoms with Crippen LogP contribution in [0.15, 0.2) is 24.3 Å². The van der Waals surface area contributed by atoms with Gasteiger partial charge in [0.1, 0.15) is 0 Å². The molecule has 0 aliphatic heterocycles. The highest BCUT2D eigenvalue weighted by molar-refractivity contribution is 5.76. The van der Waals surface area contributed by atoms with Crippen LogP contribution in [0.2, 0.25) is 0 Å². The van der Waals surface area contributed by atoms with E-state index in [1.165, 1.54) is 5.56 Å². The van der Waals surface area contributed by atoms with Crippen LogP contribution in [0.1, 0.15) is 30.9 Å².